The largest absolute Gasteiger partial charge is 0.349 e. The minimum Gasteiger partial charge on any atom is -0.349 e. The molecule has 1 aliphatic heterocycles. The summed E-state index contributed by atoms with van der Waals surface area (Å²) >= 11 is 5.16. The molecule has 0 bridgehead atoms. The van der Waals surface area contributed by atoms with E-state index in [4.69, 9.17) is 12.2 Å². The molecule has 0 aromatic heterocycles. The van der Waals surface area contributed by atoms with Crippen LogP contribution in [0.5, 0.6) is 0 Å². The molecule has 3 rings (SSSR count). The number of thiocarbonyl (C=S) groups is 1. The first-order chi connectivity index (χ1) is 9.34. The lowest BCUT2D eigenvalue weighted by Crippen LogP contribution is -2.44. The van der Waals surface area contributed by atoms with E-state index in [0.29, 0.717) is 5.11 Å². The zero-order chi connectivity index (χ0) is 13.1. The summed E-state index contributed by atoms with van der Waals surface area (Å²) in [5.74, 6) is 0. The van der Waals surface area contributed by atoms with Crippen LogP contribution in [-0.2, 0) is 0 Å². The third-order valence-electron chi connectivity index (χ3n) is 3.03. The Kier molecular flexibility index (Phi) is 3.25. The predicted molar refractivity (Wildman–Crippen MR) is 81.0 cm³/mol. The first-order valence-electron chi connectivity index (χ1n) is 6.09. The number of rotatable bonds is 2. The van der Waals surface area contributed by atoms with Crippen molar-refractivity contribution in [3.05, 3.63) is 71.8 Å². The van der Waals surface area contributed by atoms with Crippen LogP contribution in [0.4, 0.5) is 0 Å². The van der Waals surface area contributed by atoms with E-state index in [1.54, 1.807) is 0 Å². The molecular weight excluding hydrogens is 254 g/mol. The standard InChI is InChI=1S/C15H13N3S/c19-15-16-13(11-7-3-1-4-8-11)14(17-18-15)12-9-5-2-6-10-12/h1-10,13H,(H2,16,18,19)/t13-/m0/s1. The maximum absolute atomic E-state index is 5.16. The quantitative estimate of drug-likeness (QED) is 0.821. The van der Waals surface area contributed by atoms with Crippen LogP contribution in [-0.4, -0.2) is 10.8 Å². The van der Waals surface area contributed by atoms with Gasteiger partial charge in [-0.15, -0.1) is 0 Å². The highest BCUT2D eigenvalue weighted by molar-refractivity contribution is 7.80. The maximum atomic E-state index is 5.16. The molecule has 1 heterocycles. The molecule has 0 fully saturated rings. The van der Waals surface area contributed by atoms with Crippen LogP contribution in [0.3, 0.4) is 0 Å². The van der Waals surface area contributed by atoms with Gasteiger partial charge in [-0.25, -0.2) is 0 Å². The second kappa shape index (κ2) is 5.20. The molecule has 3 nitrogen and oxygen atoms in total. The molecular formula is C15H13N3S. The van der Waals surface area contributed by atoms with Gasteiger partial charge in [0.2, 0.25) is 0 Å². The van der Waals surface area contributed by atoms with Crippen molar-refractivity contribution in [3.8, 4) is 0 Å². The summed E-state index contributed by atoms with van der Waals surface area (Å²) in [4.78, 5) is 0. The molecule has 2 N–H and O–H groups in total. The summed E-state index contributed by atoms with van der Waals surface area (Å²) in [6.07, 6.45) is 0. The van der Waals surface area contributed by atoms with E-state index in [9.17, 15) is 0 Å². The summed E-state index contributed by atoms with van der Waals surface area (Å²) in [6.45, 7) is 0. The van der Waals surface area contributed by atoms with E-state index in [1.165, 1.54) is 0 Å². The van der Waals surface area contributed by atoms with E-state index in [2.05, 4.69) is 28.0 Å². The smallest absolute Gasteiger partial charge is 0.187 e. The van der Waals surface area contributed by atoms with Crippen molar-refractivity contribution in [3.63, 3.8) is 0 Å². The van der Waals surface area contributed by atoms with Crippen molar-refractivity contribution in [2.24, 2.45) is 5.10 Å². The van der Waals surface area contributed by atoms with Gasteiger partial charge in [0.05, 0.1) is 11.8 Å². The van der Waals surface area contributed by atoms with Crippen molar-refractivity contribution in [2.45, 2.75) is 6.04 Å². The van der Waals surface area contributed by atoms with E-state index >= 15 is 0 Å². The number of hydrogen-bond acceptors (Lipinski definition) is 2. The second-order valence-electron chi connectivity index (χ2n) is 4.29. The van der Waals surface area contributed by atoms with Gasteiger partial charge in [0, 0.05) is 5.56 Å². The molecule has 0 amide bonds. The number of nitrogens with one attached hydrogen (secondary N) is 2. The van der Waals surface area contributed by atoms with E-state index < -0.39 is 0 Å². The Hall–Kier alpha value is -2.20. The normalized spacial score (nSPS) is 18.2. The topological polar surface area (TPSA) is 36.4 Å². The highest BCUT2D eigenvalue weighted by Crippen LogP contribution is 2.20. The second-order valence-corrected chi connectivity index (χ2v) is 4.70. The Labute approximate surface area is 117 Å². The van der Waals surface area contributed by atoms with Gasteiger partial charge in [-0.1, -0.05) is 60.7 Å². The lowest BCUT2D eigenvalue weighted by Gasteiger charge is -2.26. The van der Waals surface area contributed by atoms with Crippen LogP contribution in [0.2, 0.25) is 0 Å². The lowest BCUT2D eigenvalue weighted by atomic mass is 9.96. The molecule has 2 aromatic carbocycles. The molecule has 0 unspecified atom stereocenters. The molecule has 0 saturated carbocycles. The Bertz CT molecular complexity index is 608. The van der Waals surface area contributed by atoms with Crippen LogP contribution < -0.4 is 10.7 Å². The minimum absolute atomic E-state index is 0.0163. The number of nitrogens with zero attached hydrogens (tertiary/aromatic N) is 1. The van der Waals surface area contributed by atoms with Crippen molar-refractivity contribution in [1.82, 2.24) is 10.7 Å². The molecule has 0 saturated heterocycles. The molecule has 0 aliphatic carbocycles. The SMILES string of the molecule is S=C1NN=C(c2ccccc2)[C@H](c2ccccc2)N1. The van der Waals surface area contributed by atoms with Crippen molar-refractivity contribution in [1.29, 1.82) is 0 Å². The molecule has 0 radical (unpaired) electrons. The minimum atomic E-state index is -0.0163. The van der Waals surface area contributed by atoms with Gasteiger partial charge in [-0.05, 0) is 17.8 Å². The first-order valence-corrected chi connectivity index (χ1v) is 6.50. The fourth-order valence-electron chi connectivity index (χ4n) is 2.13. The zero-order valence-electron chi connectivity index (χ0n) is 10.2. The van der Waals surface area contributed by atoms with Gasteiger partial charge in [0.1, 0.15) is 0 Å². The summed E-state index contributed by atoms with van der Waals surface area (Å²) in [5, 5.41) is 8.22. The first kappa shape index (κ1) is 11.9. The average Bonchev–Trinajstić information content (AvgIpc) is 2.49. The number of hydrazone groups is 1. The molecule has 1 aliphatic rings. The van der Waals surface area contributed by atoms with Gasteiger partial charge in [0.25, 0.3) is 0 Å². The van der Waals surface area contributed by atoms with Gasteiger partial charge in [0.15, 0.2) is 5.11 Å². The number of benzene rings is 2. The molecule has 94 valence electrons. The fraction of sp³-hybridized carbons (Fsp3) is 0.0667. The molecule has 2 aromatic rings. The van der Waals surface area contributed by atoms with Crippen LogP contribution in [0, 0.1) is 0 Å². The third-order valence-corrected chi connectivity index (χ3v) is 3.24. The highest BCUT2D eigenvalue weighted by atomic mass is 32.1. The van der Waals surface area contributed by atoms with Gasteiger partial charge in [-0.2, -0.15) is 5.10 Å². The molecule has 0 spiro atoms. The van der Waals surface area contributed by atoms with E-state index in [-0.39, 0.29) is 6.04 Å². The van der Waals surface area contributed by atoms with E-state index in [0.717, 1.165) is 16.8 Å². The summed E-state index contributed by atoms with van der Waals surface area (Å²) in [7, 11) is 0. The van der Waals surface area contributed by atoms with Crippen molar-refractivity contribution >= 4 is 23.0 Å². The van der Waals surface area contributed by atoms with Gasteiger partial charge < -0.3 is 5.32 Å². The Morgan fingerprint density at radius 1 is 0.895 bits per heavy atom. The van der Waals surface area contributed by atoms with Crippen LogP contribution in [0.25, 0.3) is 0 Å². The third kappa shape index (κ3) is 2.48. The average molecular weight is 267 g/mol. The number of hydrogen-bond donors (Lipinski definition) is 2. The highest BCUT2D eigenvalue weighted by Gasteiger charge is 2.24. The maximum Gasteiger partial charge on any atom is 0.187 e. The van der Waals surface area contributed by atoms with Gasteiger partial charge >= 0.3 is 0 Å². The van der Waals surface area contributed by atoms with E-state index in [1.807, 2.05) is 48.5 Å². The Balaban J connectivity index is 2.03. The zero-order valence-corrected chi connectivity index (χ0v) is 11.0. The summed E-state index contributed by atoms with van der Waals surface area (Å²) < 4.78 is 0. The molecule has 1 atom stereocenters. The molecule has 4 heteroatoms. The molecule has 19 heavy (non-hydrogen) atoms. The Morgan fingerprint density at radius 2 is 1.53 bits per heavy atom. The predicted octanol–water partition coefficient (Wildman–Crippen LogP) is 2.61. The lowest BCUT2D eigenvalue weighted by molar-refractivity contribution is 0.760. The van der Waals surface area contributed by atoms with Crippen LogP contribution in [0.1, 0.15) is 17.2 Å². The van der Waals surface area contributed by atoms with Gasteiger partial charge in [-0.3, -0.25) is 5.43 Å². The van der Waals surface area contributed by atoms with Crippen LogP contribution in [0.15, 0.2) is 65.8 Å². The Morgan fingerprint density at radius 3 is 2.21 bits per heavy atom. The van der Waals surface area contributed by atoms with Crippen molar-refractivity contribution in [2.75, 3.05) is 0 Å². The fourth-order valence-corrected chi connectivity index (χ4v) is 2.30. The van der Waals surface area contributed by atoms with Crippen LogP contribution >= 0.6 is 12.2 Å². The van der Waals surface area contributed by atoms with Crippen molar-refractivity contribution < 1.29 is 0 Å². The summed E-state index contributed by atoms with van der Waals surface area (Å²) in [6, 6.07) is 20.3. The monoisotopic (exact) mass is 267 g/mol. The summed E-state index contributed by atoms with van der Waals surface area (Å²) in [5.41, 5.74) is 6.01.